The lowest BCUT2D eigenvalue weighted by Gasteiger charge is -2.07. The molecule has 0 radical (unpaired) electrons. The first kappa shape index (κ1) is 17.6. The third-order valence-electron chi connectivity index (χ3n) is 4.10. The lowest BCUT2D eigenvalue weighted by Crippen LogP contribution is -2.23. The van der Waals surface area contributed by atoms with Gasteiger partial charge in [-0.2, -0.15) is 5.10 Å². The predicted octanol–water partition coefficient (Wildman–Crippen LogP) is 4.11. The summed E-state index contributed by atoms with van der Waals surface area (Å²) in [6, 6.07) is 11.7. The van der Waals surface area contributed by atoms with Crippen molar-refractivity contribution in [2.75, 3.05) is 0 Å². The molecule has 5 nitrogen and oxygen atoms in total. The molecule has 2 aromatic heterocycles. The summed E-state index contributed by atoms with van der Waals surface area (Å²) in [6.45, 7) is 5.04. The number of aryl methyl sites for hydroxylation is 1. The van der Waals surface area contributed by atoms with Gasteiger partial charge in [0.05, 0.1) is 17.3 Å². The Morgan fingerprint density at radius 1 is 1.24 bits per heavy atom. The number of carbonyl (C=O) groups is 1. The zero-order valence-electron chi connectivity index (χ0n) is 13.9. The van der Waals surface area contributed by atoms with Crippen molar-refractivity contribution in [3.63, 3.8) is 0 Å². The summed E-state index contributed by atoms with van der Waals surface area (Å²) in [6.07, 6.45) is 0. The Morgan fingerprint density at radius 2 is 1.96 bits per heavy atom. The largest absolute Gasteiger partial charge is 0.347 e. The van der Waals surface area contributed by atoms with E-state index in [9.17, 15) is 4.79 Å². The van der Waals surface area contributed by atoms with Gasteiger partial charge in [-0.15, -0.1) is 0 Å². The van der Waals surface area contributed by atoms with Crippen molar-refractivity contribution in [1.82, 2.24) is 20.1 Å². The molecule has 2 heterocycles. The van der Waals surface area contributed by atoms with Crippen molar-refractivity contribution in [1.29, 1.82) is 0 Å². The highest BCUT2D eigenvalue weighted by atomic mass is 35.5. The van der Waals surface area contributed by atoms with E-state index < -0.39 is 0 Å². The molecule has 3 aromatic rings. The van der Waals surface area contributed by atoms with Gasteiger partial charge in [-0.25, -0.2) is 0 Å². The molecule has 0 saturated heterocycles. The van der Waals surface area contributed by atoms with E-state index in [0.717, 1.165) is 17.0 Å². The minimum atomic E-state index is -0.261. The maximum Gasteiger partial charge on any atom is 0.268 e. The van der Waals surface area contributed by atoms with Crippen molar-refractivity contribution < 1.29 is 4.79 Å². The molecule has 0 aliphatic heterocycles. The summed E-state index contributed by atoms with van der Waals surface area (Å²) in [5.41, 5.74) is 4.45. The van der Waals surface area contributed by atoms with E-state index in [1.165, 1.54) is 11.6 Å². The smallest absolute Gasteiger partial charge is 0.268 e. The molecule has 0 atom stereocenters. The van der Waals surface area contributed by atoms with Gasteiger partial charge < -0.3 is 10.3 Å². The lowest BCUT2D eigenvalue weighted by atomic mass is 10.2. The Labute approximate surface area is 156 Å². The molecule has 3 rings (SSSR count). The summed E-state index contributed by atoms with van der Waals surface area (Å²) in [5, 5.41) is 8.05. The first-order valence-corrected chi connectivity index (χ1v) is 8.60. The van der Waals surface area contributed by atoms with Crippen LogP contribution in [0.25, 0.3) is 0 Å². The fourth-order valence-electron chi connectivity index (χ4n) is 2.69. The number of nitrogens with one attached hydrogen (secondary N) is 2. The highest BCUT2D eigenvalue weighted by Gasteiger charge is 2.15. The van der Waals surface area contributed by atoms with E-state index in [-0.39, 0.29) is 11.1 Å². The summed E-state index contributed by atoms with van der Waals surface area (Å²) in [7, 11) is 0. The number of carbonyl (C=O) groups excluding carboxylic acids is 1. The molecule has 7 heteroatoms. The molecule has 1 aromatic carbocycles. The Hall–Kier alpha value is -2.24. The van der Waals surface area contributed by atoms with Crippen LogP contribution in [0, 0.1) is 13.8 Å². The molecule has 2 N–H and O–H groups in total. The summed E-state index contributed by atoms with van der Waals surface area (Å²) in [5.74, 6) is -0.261. The number of H-pyrrole nitrogens is 1. The summed E-state index contributed by atoms with van der Waals surface area (Å²) < 4.78 is 1.95. The van der Waals surface area contributed by atoms with Crippen LogP contribution < -0.4 is 5.32 Å². The van der Waals surface area contributed by atoms with Crippen LogP contribution >= 0.6 is 23.2 Å². The van der Waals surface area contributed by atoms with Gasteiger partial charge in [0.25, 0.3) is 5.91 Å². The number of amides is 1. The van der Waals surface area contributed by atoms with Crippen LogP contribution in [0.3, 0.4) is 0 Å². The third kappa shape index (κ3) is 3.89. The number of rotatable bonds is 5. The SMILES string of the molecule is Cc1nn(Cc2ccccc2)c(C)c1CNC(=O)c1cc(Cl)c(Cl)[nH]1. The van der Waals surface area contributed by atoms with E-state index in [0.29, 0.717) is 23.8 Å². The number of aromatic amines is 1. The van der Waals surface area contributed by atoms with E-state index in [4.69, 9.17) is 23.2 Å². The summed E-state index contributed by atoms with van der Waals surface area (Å²) in [4.78, 5) is 15.0. The van der Waals surface area contributed by atoms with Crippen LogP contribution in [0.2, 0.25) is 10.2 Å². The highest BCUT2D eigenvalue weighted by Crippen LogP contribution is 2.22. The van der Waals surface area contributed by atoms with Crippen LogP contribution in [0.5, 0.6) is 0 Å². The van der Waals surface area contributed by atoms with E-state index in [1.54, 1.807) is 0 Å². The van der Waals surface area contributed by atoms with Crippen molar-refractivity contribution >= 4 is 29.1 Å². The van der Waals surface area contributed by atoms with Gasteiger partial charge >= 0.3 is 0 Å². The second kappa shape index (κ2) is 7.33. The first-order valence-electron chi connectivity index (χ1n) is 7.84. The second-order valence-electron chi connectivity index (χ2n) is 5.82. The van der Waals surface area contributed by atoms with Crippen molar-refractivity contribution in [2.45, 2.75) is 26.9 Å². The molecular formula is C18H18Cl2N4O. The molecule has 0 fully saturated rings. The van der Waals surface area contributed by atoms with E-state index in [2.05, 4.69) is 27.5 Å². The fourth-order valence-corrected chi connectivity index (χ4v) is 3.00. The first-order chi connectivity index (χ1) is 12.0. The van der Waals surface area contributed by atoms with Gasteiger partial charge in [0.2, 0.25) is 0 Å². The summed E-state index contributed by atoms with van der Waals surface area (Å²) >= 11 is 11.7. The normalized spacial score (nSPS) is 10.9. The van der Waals surface area contributed by atoms with Gasteiger partial charge in [-0.1, -0.05) is 53.5 Å². The van der Waals surface area contributed by atoms with Crippen molar-refractivity contribution in [3.8, 4) is 0 Å². The van der Waals surface area contributed by atoms with E-state index in [1.807, 2.05) is 36.7 Å². The maximum atomic E-state index is 12.2. The molecule has 0 bridgehead atoms. The Bertz CT molecular complexity index is 880. The lowest BCUT2D eigenvalue weighted by molar-refractivity contribution is 0.0946. The third-order valence-corrected chi connectivity index (χ3v) is 4.79. The molecule has 0 unspecified atom stereocenters. The van der Waals surface area contributed by atoms with Crippen LogP contribution in [0.4, 0.5) is 0 Å². The van der Waals surface area contributed by atoms with Crippen LogP contribution in [0.15, 0.2) is 36.4 Å². The van der Waals surface area contributed by atoms with Crippen LogP contribution in [-0.2, 0) is 13.1 Å². The molecule has 0 aliphatic rings. The Balaban J connectivity index is 1.71. The molecule has 25 heavy (non-hydrogen) atoms. The molecule has 0 spiro atoms. The number of hydrogen-bond donors (Lipinski definition) is 2. The van der Waals surface area contributed by atoms with Crippen LogP contribution in [-0.4, -0.2) is 20.7 Å². The quantitative estimate of drug-likeness (QED) is 0.703. The highest BCUT2D eigenvalue weighted by molar-refractivity contribution is 6.41. The predicted molar refractivity (Wildman–Crippen MR) is 99.2 cm³/mol. The molecular weight excluding hydrogens is 359 g/mol. The zero-order chi connectivity index (χ0) is 18.0. The average Bonchev–Trinajstić information content (AvgIpc) is 3.06. The molecule has 1 amide bonds. The standard InChI is InChI=1S/C18H18Cl2N4O/c1-11-14(9-21-18(25)16-8-15(19)17(20)22-16)12(2)24(23-11)10-13-6-4-3-5-7-13/h3-8,22H,9-10H2,1-2H3,(H,21,25). The zero-order valence-corrected chi connectivity index (χ0v) is 15.4. The van der Waals surface area contributed by atoms with Gasteiger partial charge in [0.15, 0.2) is 0 Å². The Morgan fingerprint density at radius 3 is 2.60 bits per heavy atom. The van der Waals surface area contributed by atoms with Gasteiger partial charge in [0, 0.05) is 17.8 Å². The molecule has 130 valence electrons. The minimum absolute atomic E-state index is 0.259. The van der Waals surface area contributed by atoms with Gasteiger partial charge in [0.1, 0.15) is 10.8 Å². The average molecular weight is 377 g/mol. The van der Waals surface area contributed by atoms with E-state index >= 15 is 0 Å². The molecule has 0 saturated carbocycles. The second-order valence-corrected chi connectivity index (χ2v) is 6.61. The van der Waals surface area contributed by atoms with Crippen molar-refractivity contribution in [3.05, 3.63) is 74.8 Å². The number of halogens is 2. The topological polar surface area (TPSA) is 62.7 Å². The number of nitrogens with zero attached hydrogens (tertiary/aromatic N) is 2. The number of hydrogen-bond acceptors (Lipinski definition) is 2. The van der Waals surface area contributed by atoms with Crippen LogP contribution in [0.1, 0.15) is 33.0 Å². The maximum absolute atomic E-state index is 12.2. The van der Waals surface area contributed by atoms with Crippen molar-refractivity contribution in [2.24, 2.45) is 0 Å². The number of benzene rings is 1. The van der Waals surface area contributed by atoms with Gasteiger partial charge in [-0.05, 0) is 25.5 Å². The monoisotopic (exact) mass is 376 g/mol. The Kier molecular flexibility index (Phi) is 5.16. The number of aromatic nitrogens is 3. The molecule has 0 aliphatic carbocycles. The van der Waals surface area contributed by atoms with Gasteiger partial charge in [-0.3, -0.25) is 9.48 Å². The fraction of sp³-hybridized carbons (Fsp3) is 0.222. The minimum Gasteiger partial charge on any atom is -0.347 e.